The maximum absolute atomic E-state index is 9.34. The lowest BCUT2D eigenvalue weighted by atomic mass is 10.1. The lowest BCUT2D eigenvalue weighted by Gasteiger charge is -2.26. The molecule has 1 N–H and O–H groups in total. The predicted octanol–water partition coefficient (Wildman–Crippen LogP) is 3.26. The number of aliphatic hydroxyl groups excluding tert-OH is 1. The Hall–Kier alpha value is -0.900. The zero-order chi connectivity index (χ0) is 13.3. The standard InChI is InChI=1S/C16H24O3/c17-15-11-7-12-16(19-15)18-13-6-2-5-10-14-8-3-1-4-9-14/h1,3-4,8-9,15-17H,2,5-7,10-13H2. The summed E-state index contributed by atoms with van der Waals surface area (Å²) in [6, 6.07) is 10.6. The van der Waals surface area contributed by atoms with Gasteiger partial charge >= 0.3 is 0 Å². The second-order valence-corrected chi connectivity index (χ2v) is 5.12. The normalized spacial score (nSPS) is 23.4. The van der Waals surface area contributed by atoms with Crippen LogP contribution < -0.4 is 0 Å². The number of benzene rings is 1. The number of unbranched alkanes of at least 4 members (excludes halogenated alkanes) is 2. The van der Waals surface area contributed by atoms with Crippen molar-refractivity contribution in [3.05, 3.63) is 35.9 Å². The molecule has 2 atom stereocenters. The number of rotatable bonds is 7. The third kappa shape index (κ3) is 5.72. The van der Waals surface area contributed by atoms with Crippen molar-refractivity contribution in [3.63, 3.8) is 0 Å². The molecule has 3 heteroatoms. The molecule has 0 aromatic heterocycles. The molecule has 1 aliphatic heterocycles. The van der Waals surface area contributed by atoms with Gasteiger partial charge in [0.25, 0.3) is 0 Å². The Morgan fingerprint density at radius 3 is 2.74 bits per heavy atom. The molecule has 1 aromatic rings. The van der Waals surface area contributed by atoms with Crippen LogP contribution in [0.3, 0.4) is 0 Å². The zero-order valence-electron chi connectivity index (χ0n) is 11.5. The van der Waals surface area contributed by atoms with Crippen LogP contribution in [0.15, 0.2) is 30.3 Å². The lowest BCUT2D eigenvalue weighted by molar-refractivity contribution is -0.251. The fraction of sp³-hybridized carbons (Fsp3) is 0.625. The Kier molecular flexibility index (Phi) is 6.34. The molecule has 1 fully saturated rings. The summed E-state index contributed by atoms with van der Waals surface area (Å²) in [6.45, 7) is 0.728. The third-order valence-electron chi connectivity index (χ3n) is 3.46. The van der Waals surface area contributed by atoms with Crippen LogP contribution in [0.2, 0.25) is 0 Å². The van der Waals surface area contributed by atoms with E-state index in [2.05, 4.69) is 30.3 Å². The first-order valence-corrected chi connectivity index (χ1v) is 7.33. The molecule has 2 unspecified atom stereocenters. The van der Waals surface area contributed by atoms with Crippen molar-refractivity contribution in [3.8, 4) is 0 Å². The van der Waals surface area contributed by atoms with Gasteiger partial charge in [-0.2, -0.15) is 0 Å². The summed E-state index contributed by atoms with van der Waals surface area (Å²) in [4.78, 5) is 0. The van der Waals surface area contributed by atoms with Crippen molar-refractivity contribution in [2.24, 2.45) is 0 Å². The van der Waals surface area contributed by atoms with E-state index in [-0.39, 0.29) is 6.29 Å². The fourth-order valence-electron chi connectivity index (χ4n) is 2.36. The van der Waals surface area contributed by atoms with Crippen LogP contribution in [-0.2, 0) is 15.9 Å². The molecule has 1 saturated heterocycles. The minimum Gasteiger partial charge on any atom is -0.368 e. The molecule has 1 aliphatic rings. The van der Waals surface area contributed by atoms with Crippen LogP contribution in [0.5, 0.6) is 0 Å². The Labute approximate surface area is 115 Å². The van der Waals surface area contributed by atoms with Gasteiger partial charge in [0.2, 0.25) is 0 Å². The lowest BCUT2D eigenvalue weighted by Crippen LogP contribution is -2.29. The van der Waals surface area contributed by atoms with E-state index in [9.17, 15) is 5.11 Å². The van der Waals surface area contributed by atoms with Gasteiger partial charge in [0.05, 0.1) is 0 Å². The van der Waals surface area contributed by atoms with Crippen LogP contribution >= 0.6 is 0 Å². The quantitative estimate of drug-likeness (QED) is 0.768. The highest BCUT2D eigenvalue weighted by atomic mass is 16.7. The van der Waals surface area contributed by atoms with Crippen molar-refractivity contribution in [2.75, 3.05) is 6.61 Å². The molecular formula is C16H24O3. The van der Waals surface area contributed by atoms with E-state index in [0.717, 1.165) is 38.7 Å². The zero-order valence-corrected chi connectivity index (χ0v) is 11.5. The smallest absolute Gasteiger partial charge is 0.160 e. The summed E-state index contributed by atoms with van der Waals surface area (Å²) in [5.74, 6) is 0. The molecule has 0 saturated carbocycles. The first kappa shape index (κ1) is 14.5. The number of aliphatic hydroxyl groups is 1. The van der Waals surface area contributed by atoms with E-state index < -0.39 is 6.29 Å². The van der Waals surface area contributed by atoms with Crippen LogP contribution in [0.4, 0.5) is 0 Å². The highest BCUT2D eigenvalue weighted by molar-refractivity contribution is 5.14. The maximum Gasteiger partial charge on any atom is 0.160 e. The second-order valence-electron chi connectivity index (χ2n) is 5.12. The maximum atomic E-state index is 9.34. The predicted molar refractivity (Wildman–Crippen MR) is 74.7 cm³/mol. The topological polar surface area (TPSA) is 38.7 Å². The Bertz CT molecular complexity index is 339. The number of hydrogen-bond acceptors (Lipinski definition) is 3. The van der Waals surface area contributed by atoms with E-state index in [1.54, 1.807) is 0 Å². The van der Waals surface area contributed by atoms with Gasteiger partial charge in [-0.1, -0.05) is 36.8 Å². The Balaban J connectivity index is 1.48. The Morgan fingerprint density at radius 2 is 1.95 bits per heavy atom. The van der Waals surface area contributed by atoms with Crippen LogP contribution in [0.1, 0.15) is 44.1 Å². The summed E-state index contributed by atoms with van der Waals surface area (Å²) in [5, 5.41) is 9.34. The largest absolute Gasteiger partial charge is 0.368 e. The van der Waals surface area contributed by atoms with Gasteiger partial charge in [-0.3, -0.25) is 0 Å². The van der Waals surface area contributed by atoms with Gasteiger partial charge in [-0.15, -0.1) is 0 Å². The van der Waals surface area contributed by atoms with Crippen LogP contribution in [0.25, 0.3) is 0 Å². The summed E-state index contributed by atoms with van der Waals surface area (Å²) in [6.07, 6.45) is 6.36. The molecule has 19 heavy (non-hydrogen) atoms. The van der Waals surface area contributed by atoms with Crippen LogP contribution in [0, 0.1) is 0 Å². The molecule has 0 amide bonds. The molecule has 0 bridgehead atoms. The second kappa shape index (κ2) is 8.31. The molecule has 2 rings (SSSR count). The summed E-state index contributed by atoms with van der Waals surface area (Å²) in [5.41, 5.74) is 1.40. The van der Waals surface area contributed by atoms with Crippen LogP contribution in [-0.4, -0.2) is 24.3 Å². The highest BCUT2D eigenvalue weighted by Crippen LogP contribution is 2.18. The van der Waals surface area contributed by atoms with Crippen molar-refractivity contribution in [1.82, 2.24) is 0 Å². The number of ether oxygens (including phenoxy) is 2. The summed E-state index contributed by atoms with van der Waals surface area (Å²) in [7, 11) is 0. The van der Waals surface area contributed by atoms with Gasteiger partial charge in [0, 0.05) is 6.61 Å². The minimum atomic E-state index is -0.628. The Morgan fingerprint density at radius 1 is 1.11 bits per heavy atom. The number of hydrogen-bond donors (Lipinski definition) is 1. The molecule has 106 valence electrons. The molecule has 3 nitrogen and oxygen atoms in total. The molecule has 0 aliphatic carbocycles. The van der Waals surface area contributed by atoms with E-state index in [4.69, 9.17) is 9.47 Å². The van der Waals surface area contributed by atoms with E-state index >= 15 is 0 Å². The van der Waals surface area contributed by atoms with Crippen molar-refractivity contribution in [1.29, 1.82) is 0 Å². The van der Waals surface area contributed by atoms with Gasteiger partial charge in [-0.25, -0.2) is 0 Å². The minimum absolute atomic E-state index is 0.196. The SMILES string of the molecule is OC1CCCC(OCCCCCc2ccccc2)O1. The molecule has 1 aromatic carbocycles. The summed E-state index contributed by atoms with van der Waals surface area (Å²) < 4.78 is 10.9. The van der Waals surface area contributed by atoms with Gasteiger partial charge < -0.3 is 14.6 Å². The molecule has 0 radical (unpaired) electrons. The van der Waals surface area contributed by atoms with Crippen molar-refractivity contribution < 1.29 is 14.6 Å². The van der Waals surface area contributed by atoms with Crippen molar-refractivity contribution in [2.45, 2.75) is 57.5 Å². The van der Waals surface area contributed by atoms with Gasteiger partial charge in [0.1, 0.15) is 0 Å². The van der Waals surface area contributed by atoms with Crippen molar-refractivity contribution >= 4 is 0 Å². The van der Waals surface area contributed by atoms with Gasteiger partial charge in [-0.05, 0) is 44.1 Å². The van der Waals surface area contributed by atoms with Gasteiger partial charge in [0.15, 0.2) is 12.6 Å². The van der Waals surface area contributed by atoms with E-state index in [1.807, 2.05) is 0 Å². The third-order valence-corrected chi connectivity index (χ3v) is 3.46. The molecule has 1 heterocycles. The monoisotopic (exact) mass is 264 g/mol. The number of aryl methyl sites for hydroxylation is 1. The average Bonchev–Trinajstić information content (AvgIpc) is 2.44. The average molecular weight is 264 g/mol. The molecule has 0 spiro atoms. The highest BCUT2D eigenvalue weighted by Gasteiger charge is 2.20. The fourth-order valence-corrected chi connectivity index (χ4v) is 2.36. The molecular weight excluding hydrogens is 240 g/mol. The summed E-state index contributed by atoms with van der Waals surface area (Å²) >= 11 is 0. The first-order valence-electron chi connectivity index (χ1n) is 7.33. The first-order chi connectivity index (χ1) is 9.34. The van der Waals surface area contributed by atoms with E-state index in [0.29, 0.717) is 0 Å². The van der Waals surface area contributed by atoms with E-state index in [1.165, 1.54) is 18.4 Å².